The molecule has 1 saturated carbocycles. The van der Waals surface area contributed by atoms with Gasteiger partial charge in [0.2, 0.25) is 0 Å². The summed E-state index contributed by atoms with van der Waals surface area (Å²) < 4.78 is 0. The first kappa shape index (κ1) is 12.3. The van der Waals surface area contributed by atoms with Gasteiger partial charge in [0, 0.05) is 23.0 Å². The molecule has 0 amide bonds. The molecule has 1 fully saturated rings. The lowest BCUT2D eigenvalue weighted by atomic mass is 9.89. The number of nitrogens with zero attached hydrogens (tertiary/aromatic N) is 1. The van der Waals surface area contributed by atoms with Crippen LogP contribution in [0.4, 0.5) is 0 Å². The summed E-state index contributed by atoms with van der Waals surface area (Å²) in [5.74, 6) is 0.761. The van der Waals surface area contributed by atoms with Crippen LogP contribution in [0.1, 0.15) is 36.4 Å². The van der Waals surface area contributed by atoms with Crippen molar-refractivity contribution in [3.05, 3.63) is 16.1 Å². The maximum absolute atomic E-state index is 6.17. The number of halogens is 1. The van der Waals surface area contributed by atoms with Crippen molar-refractivity contribution in [2.24, 2.45) is 5.92 Å². The van der Waals surface area contributed by atoms with Gasteiger partial charge in [-0.1, -0.05) is 6.42 Å². The first-order valence-electron chi connectivity index (χ1n) is 6.00. The SMILES string of the molecule is Cc1csc(CNCC2CCCC(Cl)C2)n1. The number of hydrogen-bond donors (Lipinski definition) is 1. The van der Waals surface area contributed by atoms with Gasteiger partial charge in [0.1, 0.15) is 5.01 Å². The fourth-order valence-corrected chi connectivity index (χ4v) is 3.43. The Hall–Kier alpha value is -0.120. The zero-order valence-corrected chi connectivity index (χ0v) is 11.3. The molecule has 0 bridgehead atoms. The van der Waals surface area contributed by atoms with E-state index in [0.29, 0.717) is 5.38 Å². The lowest BCUT2D eigenvalue weighted by Crippen LogP contribution is -2.27. The second-order valence-electron chi connectivity index (χ2n) is 4.64. The summed E-state index contributed by atoms with van der Waals surface area (Å²) in [5.41, 5.74) is 1.13. The van der Waals surface area contributed by atoms with Gasteiger partial charge in [0.05, 0.1) is 0 Å². The molecular weight excluding hydrogens is 240 g/mol. The summed E-state index contributed by atoms with van der Waals surface area (Å²) in [5, 5.41) is 7.19. The molecule has 0 saturated heterocycles. The smallest absolute Gasteiger partial charge is 0.107 e. The zero-order chi connectivity index (χ0) is 11.4. The van der Waals surface area contributed by atoms with Gasteiger partial charge in [-0.25, -0.2) is 4.98 Å². The first-order valence-corrected chi connectivity index (χ1v) is 7.31. The molecule has 4 heteroatoms. The highest BCUT2D eigenvalue weighted by Gasteiger charge is 2.19. The molecule has 1 aliphatic carbocycles. The Morgan fingerprint density at radius 2 is 2.44 bits per heavy atom. The van der Waals surface area contributed by atoms with E-state index < -0.39 is 0 Å². The fourth-order valence-electron chi connectivity index (χ4n) is 2.28. The van der Waals surface area contributed by atoms with Crippen LogP contribution in [0.15, 0.2) is 5.38 Å². The minimum Gasteiger partial charge on any atom is -0.310 e. The highest BCUT2D eigenvalue weighted by atomic mass is 35.5. The molecular formula is C12H19ClN2S. The number of hydrogen-bond acceptors (Lipinski definition) is 3. The molecule has 16 heavy (non-hydrogen) atoms. The van der Waals surface area contributed by atoms with Crippen molar-refractivity contribution < 1.29 is 0 Å². The molecule has 90 valence electrons. The molecule has 1 heterocycles. The monoisotopic (exact) mass is 258 g/mol. The van der Waals surface area contributed by atoms with Crippen molar-refractivity contribution >= 4 is 22.9 Å². The normalized spacial score (nSPS) is 25.9. The summed E-state index contributed by atoms with van der Waals surface area (Å²) in [6.45, 7) is 4.03. The zero-order valence-electron chi connectivity index (χ0n) is 9.71. The van der Waals surface area contributed by atoms with E-state index in [1.165, 1.54) is 30.7 Å². The summed E-state index contributed by atoms with van der Waals surface area (Å²) in [6.07, 6.45) is 4.99. The van der Waals surface area contributed by atoms with E-state index in [1.54, 1.807) is 11.3 Å². The fraction of sp³-hybridized carbons (Fsp3) is 0.750. The van der Waals surface area contributed by atoms with Gasteiger partial charge in [-0.05, 0) is 38.6 Å². The average Bonchev–Trinajstić information content (AvgIpc) is 2.64. The van der Waals surface area contributed by atoms with Crippen LogP contribution in [-0.4, -0.2) is 16.9 Å². The lowest BCUT2D eigenvalue weighted by molar-refractivity contribution is 0.346. The maximum atomic E-state index is 6.17. The Morgan fingerprint density at radius 3 is 3.12 bits per heavy atom. The van der Waals surface area contributed by atoms with E-state index in [4.69, 9.17) is 11.6 Å². The maximum Gasteiger partial charge on any atom is 0.107 e. The molecule has 2 nitrogen and oxygen atoms in total. The largest absolute Gasteiger partial charge is 0.310 e. The molecule has 1 aromatic rings. The Kier molecular flexibility index (Phi) is 4.62. The molecule has 1 N–H and O–H groups in total. The Bertz CT molecular complexity index is 327. The van der Waals surface area contributed by atoms with Crippen LogP contribution < -0.4 is 5.32 Å². The predicted molar refractivity (Wildman–Crippen MR) is 70.2 cm³/mol. The van der Waals surface area contributed by atoms with Crippen molar-refractivity contribution in [1.29, 1.82) is 0 Å². The number of nitrogens with one attached hydrogen (secondary N) is 1. The molecule has 2 unspecified atom stereocenters. The van der Waals surface area contributed by atoms with Gasteiger partial charge in [0.15, 0.2) is 0 Å². The van der Waals surface area contributed by atoms with Gasteiger partial charge < -0.3 is 5.32 Å². The lowest BCUT2D eigenvalue weighted by Gasteiger charge is -2.25. The van der Waals surface area contributed by atoms with Gasteiger partial charge in [-0.3, -0.25) is 0 Å². The number of aryl methyl sites for hydroxylation is 1. The van der Waals surface area contributed by atoms with Crippen LogP contribution in [0.2, 0.25) is 0 Å². The number of thiazole rings is 1. The van der Waals surface area contributed by atoms with E-state index in [1.807, 2.05) is 6.92 Å². The van der Waals surface area contributed by atoms with Crippen LogP contribution in [0.5, 0.6) is 0 Å². The third-order valence-electron chi connectivity index (χ3n) is 3.09. The molecule has 2 rings (SSSR count). The quantitative estimate of drug-likeness (QED) is 0.838. The molecule has 0 aromatic carbocycles. The first-order chi connectivity index (χ1) is 7.74. The van der Waals surface area contributed by atoms with Crippen molar-refractivity contribution in [3.8, 4) is 0 Å². The van der Waals surface area contributed by atoms with E-state index in [9.17, 15) is 0 Å². The highest BCUT2D eigenvalue weighted by molar-refractivity contribution is 7.09. The molecule has 2 atom stereocenters. The van der Waals surface area contributed by atoms with Crippen LogP contribution in [0.25, 0.3) is 0 Å². The Balaban J connectivity index is 1.67. The van der Waals surface area contributed by atoms with Crippen LogP contribution in [0, 0.1) is 12.8 Å². The van der Waals surface area contributed by atoms with Gasteiger partial charge in [0.25, 0.3) is 0 Å². The molecule has 0 aliphatic heterocycles. The summed E-state index contributed by atoms with van der Waals surface area (Å²) in [6, 6.07) is 0. The average molecular weight is 259 g/mol. The van der Waals surface area contributed by atoms with Crippen molar-refractivity contribution in [2.75, 3.05) is 6.54 Å². The molecule has 0 radical (unpaired) electrons. The van der Waals surface area contributed by atoms with Crippen LogP contribution >= 0.6 is 22.9 Å². The third-order valence-corrected chi connectivity index (χ3v) is 4.46. The predicted octanol–water partition coefficient (Wildman–Crippen LogP) is 3.34. The highest BCUT2D eigenvalue weighted by Crippen LogP contribution is 2.27. The van der Waals surface area contributed by atoms with Crippen molar-refractivity contribution in [2.45, 2.75) is 44.5 Å². The number of alkyl halides is 1. The Labute approximate surface area is 106 Å². The standard InChI is InChI=1S/C12H19ClN2S/c1-9-8-16-12(15-9)7-14-6-10-3-2-4-11(13)5-10/h8,10-11,14H,2-7H2,1H3. The third kappa shape index (κ3) is 3.72. The van der Waals surface area contributed by atoms with E-state index in [2.05, 4.69) is 15.7 Å². The van der Waals surface area contributed by atoms with Gasteiger partial charge >= 0.3 is 0 Å². The molecule has 1 aliphatic rings. The van der Waals surface area contributed by atoms with E-state index in [0.717, 1.165) is 24.7 Å². The second-order valence-corrected chi connectivity index (χ2v) is 6.20. The van der Waals surface area contributed by atoms with E-state index >= 15 is 0 Å². The molecule has 0 spiro atoms. The summed E-state index contributed by atoms with van der Waals surface area (Å²) >= 11 is 7.91. The minimum absolute atomic E-state index is 0.405. The van der Waals surface area contributed by atoms with Crippen molar-refractivity contribution in [3.63, 3.8) is 0 Å². The number of rotatable bonds is 4. The van der Waals surface area contributed by atoms with Crippen LogP contribution in [-0.2, 0) is 6.54 Å². The summed E-state index contributed by atoms with van der Waals surface area (Å²) in [7, 11) is 0. The van der Waals surface area contributed by atoms with Crippen molar-refractivity contribution in [1.82, 2.24) is 10.3 Å². The van der Waals surface area contributed by atoms with Gasteiger partial charge in [-0.2, -0.15) is 0 Å². The second kappa shape index (κ2) is 5.99. The van der Waals surface area contributed by atoms with Gasteiger partial charge in [-0.15, -0.1) is 22.9 Å². The minimum atomic E-state index is 0.405. The number of aromatic nitrogens is 1. The molecule has 1 aromatic heterocycles. The Morgan fingerprint density at radius 1 is 1.56 bits per heavy atom. The summed E-state index contributed by atoms with van der Waals surface area (Å²) in [4.78, 5) is 4.44. The topological polar surface area (TPSA) is 24.9 Å². The van der Waals surface area contributed by atoms with E-state index in [-0.39, 0.29) is 0 Å². The van der Waals surface area contributed by atoms with Crippen LogP contribution in [0.3, 0.4) is 0 Å².